The SMILES string of the molecule is O=C1OC(c2ccc(Cl)c(F)c2)CC2(COC2)N1C12CC(c3ccncc3)(C1)C2. The number of carbonyl (C=O) groups is 1. The number of nitrogens with zero attached hydrogens (tertiary/aromatic N) is 2. The van der Waals surface area contributed by atoms with Crippen molar-refractivity contribution in [2.75, 3.05) is 13.2 Å². The largest absolute Gasteiger partial charge is 0.441 e. The Morgan fingerprint density at radius 3 is 2.45 bits per heavy atom. The number of hydrogen-bond donors (Lipinski definition) is 0. The van der Waals surface area contributed by atoms with Gasteiger partial charge in [-0.3, -0.25) is 9.88 Å². The van der Waals surface area contributed by atoms with Gasteiger partial charge in [-0.05, 0) is 54.7 Å². The molecule has 0 N–H and O–H groups in total. The molecule has 2 saturated heterocycles. The lowest BCUT2D eigenvalue weighted by Gasteiger charge is -2.77. The molecular weight excluding hydrogens is 395 g/mol. The molecule has 29 heavy (non-hydrogen) atoms. The van der Waals surface area contributed by atoms with Crippen LogP contribution in [0.5, 0.6) is 0 Å². The maximum atomic E-state index is 13.9. The summed E-state index contributed by atoms with van der Waals surface area (Å²) in [6.45, 7) is 0.997. The van der Waals surface area contributed by atoms with Gasteiger partial charge >= 0.3 is 6.09 Å². The van der Waals surface area contributed by atoms with E-state index in [4.69, 9.17) is 21.1 Å². The van der Waals surface area contributed by atoms with E-state index < -0.39 is 11.9 Å². The van der Waals surface area contributed by atoms with E-state index in [2.05, 4.69) is 17.1 Å². The number of pyridine rings is 1. The highest BCUT2D eigenvalue weighted by molar-refractivity contribution is 6.30. The summed E-state index contributed by atoms with van der Waals surface area (Å²) in [5.74, 6) is -0.500. The van der Waals surface area contributed by atoms with Gasteiger partial charge in [0.05, 0.1) is 23.8 Å². The molecule has 1 aromatic carbocycles. The number of aromatic nitrogens is 1. The van der Waals surface area contributed by atoms with Crippen molar-refractivity contribution < 1.29 is 18.7 Å². The molecule has 3 saturated carbocycles. The van der Waals surface area contributed by atoms with Crippen LogP contribution in [0.25, 0.3) is 0 Å². The van der Waals surface area contributed by atoms with E-state index in [-0.39, 0.29) is 27.6 Å². The fraction of sp³-hybridized carbons (Fsp3) is 0.455. The molecule has 1 aromatic heterocycles. The highest BCUT2D eigenvalue weighted by Gasteiger charge is 2.75. The third-order valence-corrected chi connectivity index (χ3v) is 7.60. The van der Waals surface area contributed by atoms with E-state index in [9.17, 15) is 9.18 Å². The fourth-order valence-corrected chi connectivity index (χ4v) is 6.13. The summed E-state index contributed by atoms with van der Waals surface area (Å²) >= 11 is 5.81. The molecule has 1 amide bonds. The number of amides is 1. The van der Waals surface area contributed by atoms with Crippen LogP contribution in [-0.2, 0) is 14.9 Å². The first-order chi connectivity index (χ1) is 14.0. The average Bonchev–Trinajstić information content (AvgIpc) is 2.62. The molecule has 3 heterocycles. The van der Waals surface area contributed by atoms with Gasteiger partial charge in [-0.2, -0.15) is 0 Å². The first kappa shape index (κ1) is 17.7. The van der Waals surface area contributed by atoms with E-state index in [0.717, 1.165) is 19.3 Å². The lowest BCUT2D eigenvalue weighted by Crippen LogP contribution is -2.84. The zero-order chi connectivity index (χ0) is 19.9. The second-order valence-electron chi connectivity index (χ2n) is 9.07. The highest BCUT2D eigenvalue weighted by atomic mass is 35.5. The van der Waals surface area contributed by atoms with Crippen LogP contribution < -0.4 is 0 Å². The second-order valence-corrected chi connectivity index (χ2v) is 9.48. The van der Waals surface area contributed by atoms with Crippen molar-refractivity contribution >= 4 is 17.7 Å². The van der Waals surface area contributed by atoms with Crippen LogP contribution in [0.1, 0.15) is 42.9 Å². The lowest BCUT2D eigenvalue weighted by atomic mass is 9.36. The summed E-state index contributed by atoms with van der Waals surface area (Å²) in [5, 5.41) is 0.0643. The molecule has 2 aromatic rings. The van der Waals surface area contributed by atoms with E-state index in [1.165, 1.54) is 17.7 Å². The van der Waals surface area contributed by atoms with Crippen LogP contribution in [0, 0.1) is 5.82 Å². The molecule has 0 radical (unpaired) electrons. The van der Waals surface area contributed by atoms with Gasteiger partial charge in [0.1, 0.15) is 11.9 Å². The third-order valence-electron chi connectivity index (χ3n) is 7.29. The molecule has 1 atom stereocenters. The van der Waals surface area contributed by atoms with Gasteiger partial charge < -0.3 is 9.47 Å². The maximum absolute atomic E-state index is 13.9. The Morgan fingerprint density at radius 2 is 1.83 bits per heavy atom. The predicted octanol–water partition coefficient (Wildman–Crippen LogP) is 4.40. The zero-order valence-electron chi connectivity index (χ0n) is 15.7. The molecule has 5 fully saturated rings. The Kier molecular flexibility index (Phi) is 3.47. The molecule has 2 bridgehead atoms. The van der Waals surface area contributed by atoms with Crippen LogP contribution in [0.15, 0.2) is 42.7 Å². The monoisotopic (exact) mass is 414 g/mol. The van der Waals surface area contributed by atoms with Crippen molar-refractivity contribution in [3.05, 3.63) is 64.7 Å². The average molecular weight is 415 g/mol. The van der Waals surface area contributed by atoms with Crippen LogP contribution in [-0.4, -0.2) is 40.3 Å². The number of hydrogen-bond acceptors (Lipinski definition) is 4. The fourth-order valence-electron chi connectivity index (χ4n) is 6.01. The van der Waals surface area contributed by atoms with E-state index in [0.29, 0.717) is 25.2 Å². The zero-order valence-corrected chi connectivity index (χ0v) is 16.5. The Hall–Kier alpha value is -2.18. The number of cyclic esters (lactones) is 1. The second kappa shape index (κ2) is 5.70. The smallest absolute Gasteiger partial charge is 0.411 e. The van der Waals surface area contributed by atoms with E-state index >= 15 is 0 Å². The molecule has 5 nitrogen and oxygen atoms in total. The van der Waals surface area contributed by atoms with Gasteiger partial charge in [0.15, 0.2) is 0 Å². The number of rotatable bonds is 3. The number of benzene rings is 1. The summed E-state index contributed by atoms with van der Waals surface area (Å²) in [4.78, 5) is 19.2. The lowest BCUT2D eigenvalue weighted by molar-refractivity contribution is -0.262. The molecule has 1 spiro atoms. The van der Waals surface area contributed by atoms with E-state index in [1.54, 1.807) is 6.07 Å². The molecule has 7 heteroatoms. The molecule has 2 aliphatic heterocycles. The first-order valence-electron chi connectivity index (χ1n) is 9.90. The third kappa shape index (κ3) is 2.30. The first-order valence-corrected chi connectivity index (χ1v) is 10.3. The summed E-state index contributed by atoms with van der Waals surface area (Å²) in [6.07, 6.45) is 6.29. The van der Waals surface area contributed by atoms with Crippen molar-refractivity contribution in [3.63, 3.8) is 0 Å². The van der Waals surface area contributed by atoms with Crippen molar-refractivity contribution in [1.29, 1.82) is 0 Å². The Balaban J connectivity index is 1.26. The van der Waals surface area contributed by atoms with Crippen molar-refractivity contribution in [2.45, 2.75) is 48.3 Å². The number of halogens is 2. The van der Waals surface area contributed by atoms with Gasteiger partial charge in [-0.15, -0.1) is 0 Å². The van der Waals surface area contributed by atoms with E-state index in [1.807, 2.05) is 17.3 Å². The summed E-state index contributed by atoms with van der Waals surface area (Å²) in [6, 6.07) is 8.75. The minimum atomic E-state index is -0.500. The molecule has 1 unspecified atom stereocenters. The van der Waals surface area contributed by atoms with Gasteiger partial charge in [-0.1, -0.05) is 17.7 Å². The maximum Gasteiger partial charge on any atom is 0.411 e. The van der Waals surface area contributed by atoms with Crippen LogP contribution in [0.2, 0.25) is 5.02 Å². The van der Waals surface area contributed by atoms with Gasteiger partial charge in [0, 0.05) is 29.8 Å². The molecular formula is C22H20ClFN2O3. The van der Waals surface area contributed by atoms with Crippen molar-refractivity contribution in [2.24, 2.45) is 0 Å². The molecule has 7 rings (SSSR count). The minimum absolute atomic E-state index is 0.0643. The Bertz CT molecular complexity index is 991. The number of carbonyl (C=O) groups excluding carboxylic acids is 1. The van der Waals surface area contributed by atoms with Crippen LogP contribution >= 0.6 is 11.6 Å². The predicted molar refractivity (Wildman–Crippen MR) is 103 cm³/mol. The minimum Gasteiger partial charge on any atom is -0.441 e. The Labute approximate surface area is 172 Å². The van der Waals surface area contributed by atoms with Crippen LogP contribution in [0.4, 0.5) is 9.18 Å². The standard InChI is InChI=1S/C22H20ClFN2O3/c23-16-2-1-14(7-17(16)24)18-8-21(12-28-13-21)26(19(27)29-18)22-9-20(10-22,11-22)15-3-5-25-6-4-15/h1-7,18H,8-13H2. The van der Waals surface area contributed by atoms with Crippen molar-refractivity contribution in [3.8, 4) is 0 Å². The normalized spacial score (nSPS) is 34.1. The Morgan fingerprint density at radius 1 is 1.10 bits per heavy atom. The molecule has 3 aliphatic carbocycles. The van der Waals surface area contributed by atoms with Gasteiger partial charge in [-0.25, -0.2) is 9.18 Å². The quantitative estimate of drug-likeness (QED) is 0.747. The van der Waals surface area contributed by atoms with Crippen LogP contribution in [0.3, 0.4) is 0 Å². The van der Waals surface area contributed by atoms with Gasteiger partial charge in [0.2, 0.25) is 0 Å². The molecule has 150 valence electrons. The van der Waals surface area contributed by atoms with Gasteiger partial charge in [0.25, 0.3) is 0 Å². The van der Waals surface area contributed by atoms with Crippen molar-refractivity contribution in [1.82, 2.24) is 9.88 Å². The topological polar surface area (TPSA) is 51.7 Å². The number of ether oxygens (including phenoxy) is 2. The molecule has 5 aliphatic rings. The summed E-state index contributed by atoms with van der Waals surface area (Å²) < 4.78 is 25.3. The summed E-state index contributed by atoms with van der Waals surface area (Å²) in [7, 11) is 0. The highest BCUT2D eigenvalue weighted by Crippen LogP contribution is 2.72. The summed E-state index contributed by atoms with van der Waals surface area (Å²) in [5.41, 5.74) is 1.57.